The smallest absolute Gasteiger partial charge is 0.337 e. The molecule has 86 valence electrons. The average Bonchev–Trinajstić information content (AvgIpc) is 2.29. The van der Waals surface area contributed by atoms with Gasteiger partial charge >= 0.3 is 5.97 Å². The van der Waals surface area contributed by atoms with Crippen LogP contribution in [0.25, 0.3) is 0 Å². The number of aliphatic hydroxyl groups excluding tert-OH is 1. The minimum Gasteiger partial charge on any atom is -0.478 e. The Bertz CT molecular complexity index is 392. The van der Waals surface area contributed by atoms with Gasteiger partial charge in [0.25, 0.3) is 0 Å². The van der Waals surface area contributed by atoms with Crippen LogP contribution in [0.15, 0.2) is 24.3 Å². The summed E-state index contributed by atoms with van der Waals surface area (Å²) in [6.45, 7) is 1.33. The molecule has 0 bridgehead atoms. The lowest BCUT2D eigenvalue weighted by Gasteiger charge is -2.32. The van der Waals surface area contributed by atoms with Gasteiger partial charge in [-0.05, 0) is 25.0 Å². The second-order valence-corrected chi connectivity index (χ2v) is 4.06. The quantitative estimate of drug-likeness (QED) is 0.791. The molecule has 0 amide bonds. The van der Waals surface area contributed by atoms with Crippen LogP contribution >= 0.6 is 0 Å². The van der Waals surface area contributed by atoms with Gasteiger partial charge in [-0.1, -0.05) is 12.1 Å². The van der Waals surface area contributed by atoms with Crippen LogP contribution in [-0.4, -0.2) is 35.4 Å². The second kappa shape index (κ2) is 4.53. The van der Waals surface area contributed by atoms with Crippen LogP contribution in [0.4, 0.5) is 5.69 Å². The van der Waals surface area contributed by atoms with E-state index >= 15 is 0 Å². The Hall–Kier alpha value is -1.55. The maximum atomic E-state index is 11.1. The average molecular weight is 221 g/mol. The summed E-state index contributed by atoms with van der Waals surface area (Å²) in [7, 11) is 0. The third-order valence-corrected chi connectivity index (χ3v) is 2.87. The predicted octanol–water partition coefficient (Wildman–Crippen LogP) is 1.35. The minimum atomic E-state index is -0.921. The predicted molar refractivity (Wildman–Crippen MR) is 60.9 cm³/mol. The van der Waals surface area contributed by atoms with Crippen molar-refractivity contribution >= 4 is 11.7 Å². The fraction of sp³-hybridized carbons (Fsp3) is 0.417. The van der Waals surface area contributed by atoms with Crippen LogP contribution in [0.2, 0.25) is 0 Å². The number of rotatable bonds is 2. The number of piperidine rings is 1. The molecule has 1 fully saturated rings. The Kier molecular flexibility index (Phi) is 3.10. The van der Waals surface area contributed by atoms with Gasteiger partial charge in [-0.2, -0.15) is 0 Å². The summed E-state index contributed by atoms with van der Waals surface area (Å²) in [4.78, 5) is 13.0. The molecule has 0 aliphatic carbocycles. The summed E-state index contributed by atoms with van der Waals surface area (Å²) < 4.78 is 0. The van der Waals surface area contributed by atoms with Crippen molar-refractivity contribution in [1.29, 1.82) is 0 Å². The zero-order valence-electron chi connectivity index (χ0n) is 8.97. The number of carboxylic acids is 1. The first-order valence-corrected chi connectivity index (χ1v) is 5.44. The van der Waals surface area contributed by atoms with Crippen LogP contribution in [0.3, 0.4) is 0 Å². The molecule has 1 heterocycles. The lowest BCUT2D eigenvalue weighted by molar-refractivity contribution is 0.0696. The van der Waals surface area contributed by atoms with E-state index in [9.17, 15) is 9.90 Å². The zero-order valence-corrected chi connectivity index (χ0v) is 8.97. The molecule has 2 rings (SSSR count). The van der Waals surface area contributed by atoms with Crippen LogP contribution < -0.4 is 4.90 Å². The van der Waals surface area contributed by atoms with Crippen molar-refractivity contribution in [3.63, 3.8) is 0 Å². The second-order valence-electron chi connectivity index (χ2n) is 4.06. The normalized spacial score (nSPS) is 20.8. The van der Waals surface area contributed by atoms with Crippen molar-refractivity contribution in [3.05, 3.63) is 29.8 Å². The molecule has 1 atom stereocenters. The van der Waals surface area contributed by atoms with E-state index in [1.807, 2.05) is 11.0 Å². The van der Waals surface area contributed by atoms with Crippen molar-refractivity contribution < 1.29 is 15.0 Å². The minimum absolute atomic E-state index is 0.302. The topological polar surface area (TPSA) is 60.8 Å². The monoisotopic (exact) mass is 221 g/mol. The molecule has 4 nitrogen and oxygen atoms in total. The molecule has 4 heteroatoms. The maximum absolute atomic E-state index is 11.1. The molecule has 1 aliphatic heterocycles. The number of para-hydroxylation sites is 1. The number of hydrogen-bond donors (Lipinski definition) is 2. The molecule has 1 unspecified atom stereocenters. The third-order valence-electron chi connectivity index (χ3n) is 2.87. The van der Waals surface area contributed by atoms with Crippen molar-refractivity contribution in [2.75, 3.05) is 18.0 Å². The summed E-state index contributed by atoms with van der Waals surface area (Å²) in [5, 5.41) is 18.7. The van der Waals surface area contributed by atoms with E-state index < -0.39 is 5.97 Å². The number of benzene rings is 1. The molecule has 0 saturated carbocycles. The summed E-state index contributed by atoms with van der Waals surface area (Å²) in [5.74, 6) is -0.921. The van der Waals surface area contributed by atoms with Crippen LogP contribution in [0.1, 0.15) is 23.2 Å². The van der Waals surface area contributed by atoms with Crippen molar-refractivity contribution in [2.45, 2.75) is 18.9 Å². The Labute approximate surface area is 94.1 Å². The summed E-state index contributed by atoms with van der Waals surface area (Å²) >= 11 is 0. The van der Waals surface area contributed by atoms with E-state index in [0.717, 1.165) is 19.4 Å². The summed E-state index contributed by atoms with van der Waals surface area (Å²) in [5.41, 5.74) is 1.00. The molecule has 1 aromatic carbocycles. The number of aliphatic hydroxyl groups is 1. The number of nitrogens with zero attached hydrogens (tertiary/aromatic N) is 1. The van der Waals surface area contributed by atoms with Crippen LogP contribution in [-0.2, 0) is 0 Å². The van der Waals surface area contributed by atoms with Gasteiger partial charge in [-0.25, -0.2) is 4.79 Å². The summed E-state index contributed by atoms with van der Waals surface area (Å²) in [6, 6.07) is 6.93. The first kappa shape index (κ1) is 11.0. The van der Waals surface area contributed by atoms with Gasteiger partial charge < -0.3 is 15.1 Å². The number of anilines is 1. The zero-order chi connectivity index (χ0) is 11.5. The molecule has 1 saturated heterocycles. The Balaban J connectivity index is 2.28. The Morgan fingerprint density at radius 2 is 2.12 bits per heavy atom. The van der Waals surface area contributed by atoms with Crippen LogP contribution in [0.5, 0.6) is 0 Å². The molecule has 0 radical (unpaired) electrons. The molecule has 1 aliphatic rings. The van der Waals surface area contributed by atoms with E-state index in [-0.39, 0.29) is 6.10 Å². The third kappa shape index (κ3) is 2.17. The summed E-state index contributed by atoms with van der Waals surface area (Å²) in [6.07, 6.45) is 1.34. The number of carboxylic acid groups (broad SMARTS) is 1. The van der Waals surface area contributed by atoms with Crippen LogP contribution in [0, 0.1) is 0 Å². The highest BCUT2D eigenvalue weighted by Crippen LogP contribution is 2.24. The Morgan fingerprint density at radius 3 is 2.81 bits per heavy atom. The molecule has 0 spiro atoms. The molecule has 1 aromatic rings. The van der Waals surface area contributed by atoms with E-state index in [1.54, 1.807) is 18.2 Å². The van der Waals surface area contributed by atoms with Crippen molar-refractivity contribution in [3.8, 4) is 0 Å². The number of hydrogen-bond acceptors (Lipinski definition) is 3. The molecular formula is C12H15NO3. The number of aromatic carboxylic acids is 1. The van der Waals surface area contributed by atoms with Gasteiger partial charge in [0, 0.05) is 13.1 Å². The first-order valence-electron chi connectivity index (χ1n) is 5.44. The van der Waals surface area contributed by atoms with E-state index in [4.69, 9.17) is 5.11 Å². The molecular weight excluding hydrogens is 206 g/mol. The van der Waals surface area contributed by atoms with Gasteiger partial charge in [0.05, 0.1) is 17.4 Å². The maximum Gasteiger partial charge on any atom is 0.337 e. The van der Waals surface area contributed by atoms with Crippen molar-refractivity contribution in [1.82, 2.24) is 0 Å². The van der Waals surface area contributed by atoms with Gasteiger partial charge in [0.2, 0.25) is 0 Å². The fourth-order valence-corrected chi connectivity index (χ4v) is 2.10. The van der Waals surface area contributed by atoms with E-state index in [2.05, 4.69) is 0 Å². The highest BCUT2D eigenvalue weighted by atomic mass is 16.4. The Morgan fingerprint density at radius 1 is 1.38 bits per heavy atom. The SMILES string of the molecule is O=C(O)c1ccccc1N1CCCC(O)C1. The molecule has 2 N–H and O–H groups in total. The number of carbonyl (C=O) groups is 1. The fourth-order valence-electron chi connectivity index (χ4n) is 2.10. The number of β-amino-alcohol motifs (C(OH)–C–C–N with tert-alkyl or cyclic N) is 1. The lowest BCUT2D eigenvalue weighted by Crippen LogP contribution is -2.38. The molecule has 16 heavy (non-hydrogen) atoms. The van der Waals surface area contributed by atoms with Gasteiger partial charge in [0.15, 0.2) is 0 Å². The van der Waals surface area contributed by atoms with E-state index in [0.29, 0.717) is 17.8 Å². The van der Waals surface area contributed by atoms with Crippen molar-refractivity contribution in [2.24, 2.45) is 0 Å². The van der Waals surface area contributed by atoms with Gasteiger partial charge in [-0.3, -0.25) is 0 Å². The highest BCUT2D eigenvalue weighted by molar-refractivity contribution is 5.94. The largest absolute Gasteiger partial charge is 0.478 e. The van der Waals surface area contributed by atoms with Gasteiger partial charge in [-0.15, -0.1) is 0 Å². The lowest BCUT2D eigenvalue weighted by atomic mass is 10.1. The highest BCUT2D eigenvalue weighted by Gasteiger charge is 2.21. The van der Waals surface area contributed by atoms with E-state index in [1.165, 1.54) is 0 Å². The van der Waals surface area contributed by atoms with Gasteiger partial charge in [0.1, 0.15) is 0 Å². The first-order chi connectivity index (χ1) is 7.68. The molecule has 0 aromatic heterocycles. The standard InChI is InChI=1S/C12H15NO3/c14-9-4-3-7-13(8-9)11-6-2-1-5-10(11)12(15)16/h1-2,5-6,9,14H,3-4,7-8H2,(H,15,16).